The molecule has 0 spiro atoms. The second-order valence-corrected chi connectivity index (χ2v) is 6.09. The third-order valence-corrected chi connectivity index (χ3v) is 4.20. The lowest BCUT2D eigenvalue weighted by atomic mass is 10.1. The number of benzene rings is 2. The van der Waals surface area contributed by atoms with Crippen LogP contribution in [0.2, 0.25) is 5.02 Å². The Morgan fingerprint density at radius 2 is 1.68 bits per heavy atom. The molecule has 3 rings (SSSR count). The molecule has 2 aromatic rings. The van der Waals surface area contributed by atoms with Gasteiger partial charge in [0.05, 0.1) is 17.7 Å². The van der Waals surface area contributed by atoms with Crippen LogP contribution in [0, 0.1) is 0 Å². The Morgan fingerprint density at radius 1 is 1.00 bits per heavy atom. The Labute approximate surface area is 150 Å². The van der Waals surface area contributed by atoms with E-state index in [1.807, 2.05) is 12.1 Å². The van der Waals surface area contributed by atoms with Crippen molar-refractivity contribution in [1.82, 2.24) is 4.90 Å². The largest absolute Gasteiger partial charge is 0.464 e. The summed E-state index contributed by atoms with van der Waals surface area (Å²) in [6.45, 7) is 0.0368. The molecule has 1 heterocycles. The van der Waals surface area contributed by atoms with E-state index < -0.39 is 0 Å². The van der Waals surface area contributed by atoms with Crippen molar-refractivity contribution >= 4 is 29.4 Å². The number of nitrogens with zero attached hydrogens (tertiary/aromatic N) is 1. The molecule has 128 valence electrons. The zero-order valence-electron chi connectivity index (χ0n) is 13.4. The van der Waals surface area contributed by atoms with Crippen molar-refractivity contribution in [3.8, 4) is 0 Å². The van der Waals surface area contributed by atoms with E-state index in [0.717, 1.165) is 10.5 Å². The molecule has 0 fully saturated rings. The molecule has 0 aliphatic carbocycles. The molecule has 2 aromatic carbocycles. The van der Waals surface area contributed by atoms with Crippen molar-refractivity contribution in [2.75, 3.05) is 13.2 Å². The molecule has 6 heteroatoms. The van der Waals surface area contributed by atoms with Crippen molar-refractivity contribution in [3.05, 3.63) is 70.2 Å². The van der Waals surface area contributed by atoms with Gasteiger partial charge in [-0.3, -0.25) is 19.3 Å². The predicted molar refractivity (Wildman–Crippen MR) is 92.5 cm³/mol. The number of hydrogen-bond donors (Lipinski definition) is 0. The predicted octanol–water partition coefficient (Wildman–Crippen LogP) is 3.11. The fourth-order valence-electron chi connectivity index (χ4n) is 2.70. The summed E-state index contributed by atoms with van der Waals surface area (Å²) in [6.07, 6.45) is 0.731. The lowest BCUT2D eigenvalue weighted by Gasteiger charge is -2.13. The number of imide groups is 1. The van der Waals surface area contributed by atoms with Gasteiger partial charge in [-0.15, -0.1) is 0 Å². The molecule has 0 radical (unpaired) electrons. The van der Waals surface area contributed by atoms with E-state index in [4.69, 9.17) is 16.3 Å². The van der Waals surface area contributed by atoms with Crippen molar-refractivity contribution in [2.24, 2.45) is 0 Å². The number of amides is 2. The van der Waals surface area contributed by atoms with Crippen LogP contribution in [0.15, 0.2) is 48.5 Å². The van der Waals surface area contributed by atoms with Gasteiger partial charge < -0.3 is 4.74 Å². The quantitative estimate of drug-likeness (QED) is 0.588. The van der Waals surface area contributed by atoms with E-state index in [2.05, 4.69) is 0 Å². The fourth-order valence-corrected chi connectivity index (χ4v) is 2.92. The van der Waals surface area contributed by atoms with Gasteiger partial charge in [-0.2, -0.15) is 0 Å². The number of esters is 1. The highest BCUT2D eigenvalue weighted by molar-refractivity contribution is 6.30. The maximum atomic E-state index is 12.2. The maximum absolute atomic E-state index is 12.2. The summed E-state index contributed by atoms with van der Waals surface area (Å²) in [4.78, 5) is 37.3. The summed E-state index contributed by atoms with van der Waals surface area (Å²) in [7, 11) is 0. The highest BCUT2D eigenvalue weighted by atomic mass is 35.5. The summed E-state index contributed by atoms with van der Waals surface area (Å²) in [5, 5.41) is 0.622. The summed E-state index contributed by atoms with van der Waals surface area (Å²) in [6, 6.07) is 13.9. The van der Waals surface area contributed by atoms with Crippen molar-refractivity contribution in [2.45, 2.75) is 12.8 Å². The number of hydrogen-bond acceptors (Lipinski definition) is 4. The molecule has 0 N–H and O–H groups in total. The van der Waals surface area contributed by atoms with Crippen LogP contribution in [-0.4, -0.2) is 35.8 Å². The number of aryl methyl sites for hydroxylation is 1. The van der Waals surface area contributed by atoms with E-state index in [1.165, 1.54) is 0 Å². The van der Waals surface area contributed by atoms with E-state index in [9.17, 15) is 14.4 Å². The molecule has 2 amide bonds. The number of fused-ring (bicyclic) bond motifs is 1. The van der Waals surface area contributed by atoms with Crippen LogP contribution in [0.3, 0.4) is 0 Å². The van der Waals surface area contributed by atoms with Gasteiger partial charge in [-0.1, -0.05) is 35.9 Å². The SMILES string of the molecule is O=C(CCc1cccc(Cl)c1)OCCN1C(=O)c2ccccc2C1=O. The Hall–Kier alpha value is -2.66. The fraction of sp³-hybridized carbons (Fsp3) is 0.211. The Kier molecular flexibility index (Phi) is 5.14. The number of ether oxygens (including phenoxy) is 1. The van der Waals surface area contributed by atoms with Gasteiger partial charge in [0.1, 0.15) is 6.61 Å². The summed E-state index contributed by atoms with van der Waals surface area (Å²) < 4.78 is 5.13. The molecule has 0 saturated heterocycles. The number of carbonyl (C=O) groups is 3. The zero-order valence-corrected chi connectivity index (χ0v) is 14.2. The van der Waals surface area contributed by atoms with E-state index in [-0.39, 0.29) is 37.4 Å². The van der Waals surface area contributed by atoms with Crippen LogP contribution in [0.4, 0.5) is 0 Å². The first-order valence-corrected chi connectivity index (χ1v) is 8.29. The smallest absolute Gasteiger partial charge is 0.306 e. The van der Waals surface area contributed by atoms with E-state index in [1.54, 1.807) is 36.4 Å². The molecular weight excluding hydrogens is 342 g/mol. The van der Waals surface area contributed by atoms with Gasteiger partial charge in [0.2, 0.25) is 0 Å². The minimum atomic E-state index is -0.378. The summed E-state index contributed by atoms with van der Waals surface area (Å²) in [5.74, 6) is -1.08. The van der Waals surface area contributed by atoms with Crippen molar-refractivity contribution in [1.29, 1.82) is 0 Å². The molecule has 0 unspecified atom stereocenters. The molecule has 5 nitrogen and oxygen atoms in total. The minimum absolute atomic E-state index is 0.0140. The molecule has 0 aromatic heterocycles. The van der Waals surface area contributed by atoms with Crippen LogP contribution in [0.25, 0.3) is 0 Å². The zero-order chi connectivity index (χ0) is 17.8. The lowest BCUT2D eigenvalue weighted by molar-refractivity contribution is -0.143. The topological polar surface area (TPSA) is 63.7 Å². The average Bonchev–Trinajstić information content (AvgIpc) is 2.85. The first-order chi connectivity index (χ1) is 12.1. The molecule has 1 aliphatic heterocycles. The first-order valence-electron chi connectivity index (χ1n) is 7.91. The van der Waals surface area contributed by atoms with Crippen molar-refractivity contribution in [3.63, 3.8) is 0 Å². The molecule has 25 heavy (non-hydrogen) atoms. The molecule has 1 aliphatic rings. The van der Waals surface area contributed by atoms with Crippen LogP contribution in [0.1, 0.15) is 32.7 Å². The van der Waals surface area contributed by atoms with Crippen LogP contribution in [0.5, 0.6) is 0 Å². The molecular formula is C19H16ClNO4. The molecule has 0 bridgehead atoms. The van der Waals surface area contributed by atoms with Crippen LogP contribution in [-0.2, 0) is 16.0 Å². The van der Waals surface area contributed by atoms with E-state index >= 15 is 0 Å². The van der Waals surface area contributed by atoms with E-state index in [0.29, 0.717) is 22.6 Å². The van der Waals surface area contributed by atoms with Gasteiger partial charge in [-0.25, -0.2) is 0 Å². The Balaban J connectivity index is 1.46. The second kappa shape index (κ2) is 7.49. The maximum Gasteiger partial charge on any atom is 0.306 e. The molecule has 0 atom stereocenters. The van der Waals surface area contributed by atoms with Gasteiger partial charge in [0.15, 0.2) is 0 Å². The number of rotatable bonds is 6. The Morgan fingerprint density at radius 3 is 2.32 bits per heavy atom. The third-order valence-electron chi connectivity index (χ3n) is 3.96. The highest BCUT2D eigenvalue weighted by Crippen LogP contribution is 2.22. The third kappa shape index (κ3) is 3.88. The normalized spacial score (nSPS) is 13.1. The van der Waals surface area contributed by atoms with Crippen LogP contribution < -0.4 is 0 Å². The van der Waals surface area contributed by atoms with Gasteiger partial charge >= 0.3 is 5.97 Å². The average molecular weight is 358 g/mol. The second-order valence-electron chi connectivity index (χ2n) is 5.66. The van der Waals surface area contributed by atoms with Gasteiger partial charge in [-0.05, 0) is 36.2 Å². The van der Waals surface area contributed by atoms with Crippen molar-refractivity contribution < 1.29 is 19.1 Å². The molecule has 0 saturated carbocycles. The number of carbonyl (C=O) groups excluding carboxylic acids is 3. The highest BCUT2D eigenvalue weighted by Gasteiger charge is 2.34. The first kappa shape index (κ1) is 17.2. The standard InChI is InChI=1S/C19H16ClNO4/c20-14-5-3-4-13(12-14)8-9-17(22)25-11-10-21-18(23)15-6-1-2-7-16(15)19(21)24/h1-7,12H,8-11H2. The van der Waals surface area contributed by atoms with Gasteiger partial charge in [0.25, 0.3) is 11.8 Å². The minimum Gasteiger partial charge on any atom is -0.464 e. The lowest BCUT2D eigenvalue weighted by Crippen LogP contribution is -2.33. The number of halogens is 1. The Bertz CT molecular complexity index is 799. The monoisotopic (exact) mass is 357 g/mol. The van der Waals surface area contributed by atoms with Gasteiger partial charge in [0, 0.05) is 11.4 Å². The summed E-state index contributed by atoms with van der Waals surface area (Å²) >= 11 is 5.90. The van der Waals surface area contributed by atoms with Crippen LogP contribution >= 0.6 is 11.6 Å². The summed E-state index contributed by atoms with van der Waals surface area (Å²) in [5.41, 5.74) is 1.73.